The van der Waals surface area contributed by atoms with Gasteiger partial charge in [0, 0.05) is 22.6 Å². The van der Waals surface area contributed by atoms with Gasteiger partial charge < -0.3 is 10.2 Å². The van der Waals surface area contributed by atoms with E-state index in [0.29, 0.717) is 21.3 Å². The number of carbonyl (C=O) groups excluding carboxylic acids is 2. The molecule has 2 rings (SSSR count). The lowest BCUT2D eigenvalue weighted by molar-refractivity contribution is -0.139. The summed E-state index contributed by atoms with van der Waals surface area (Å²) in [6, 6.07) is 10.9. The van der Waals surface area contributed by atoms with Crippen LogP contribution in [0.5, 0.6) is 0 Å². The van der Waals surface area contributed by atoms with Crippen LogP contribution in [0.3, 0.4) is 0 Å². The zero-order valence-corrected chi connectivity index (χ0v) is 23.0. The first-order chi connectivity index (χ1) is 16.4. The largest absolute Gasteiger partial charge is 0.352 e. The highest BCUT2D eigenvalue weighted by molar-refractivity contribution is 7.92. The van der Waals surface area contributed by atoms with Crippen molar-refractivity contribution in [1.29, 1.82) is 0 Å². The second-order valence-electron chi connectivity index (χ2n) is 8.54. The van der Waals surface area contributed by atoms with Crippen LogP contribution in [-0.2, 0) is 32.6 Å². The number of halogens is 2. The molecule has 0 aliphatic heterocycles. The van der Waals surface area contributed by atoms with Gasteiger partial charge in [0.15, 0.2) is 0 Å². The van der Waals surface area contributed by atoms with Gasteiger partial charge in [0.1, 0.15) is 12.6 Å². The third-order valence-corrected chi connectivity index (χ3v) is 7.56. The molecule has 0 heterocycles. The molecule has 0 aliphatic carbocycles. The Kier molecular flexibility index (Phi) is 10.4. The van der Waals surface area contributed by atoms with Crippen molar-refractivity contribution in [1.82, 2.24) is 10.2 Å². The first kappa shape index (κ1) is 28.9. The lowest BCUT2D eigenvalue weighted by atomic mass is 10.1. The van der Waals surface area contributed by atoms with Crippen molar-refractivity contribution in [2.75, 3.05) is 17.1 Å². The number of hydrogen-bond acceptors (Lipinski definition) is 4. The number of amides is 2. The maximum Gasteiger partial charge on any atom is 0.244 e. The maximum atomic E-state index is 13.6. The summed E-state index contributed by atoms with van der Waals surface area (Å²) in [6.07, 6.45) is 2.58. The first-order valence-electron chi connectivity index (χ1n) is 11.5. The van der Waals surface area contributed by atoms with E-state index in [0.717, 1.165) is 29.0 Å². The zero-order chi connectivity index (χ0) is 26.3. The van der Waals surface area contributed by atoms with Gasteiger partial charge in [-0.1, -0.05) is 55.2 Å². The van der Waals surface area contributed by atoms with E-state index >= 15 is 0 Å². The summed E-state index contributed by atoms with van der Waals surface area (Å²) in [6.45, 7) is 6.98. The predicted molar refractivity (Wildman–Crippen MR) is 142 cm³/mol. The Bertz CT molecular complexity index is 1140. The molecule has 0 aromatic heterocycles. The molecule has 0 unspecified atom stereocenters. The van der Waals surface area contributed by atoms with Crippen LogP contribution >= 0.6 is 23.2 Å². The molecule has 0 spiro atoms. The van der Waals surface area contributed by atoms with E-state index in [1.54, 1.807) is 37.3 Å². The number of aryl methyl sites for hydroxylation is 1. The number of carbonyl (C=O) groups is 2. The highest BCUT2D eigenvalue weighted by Crippen LogP contribution is 2.24. The topological polar surface area (TPSA) is 86.8 Å². The molecule has 0 fully saturated rings. The maximum absolute atomic E-state index is 13.6. The first-order valence-corrected chi connectivity index (χ1v) is 14.1. The number of hydrogen-bond donors (Lipinski definition) is 1. The molecule has 0 bridgehead atoms. The molecule has 2 atom stereocenters. The summed E-state index contributed by atoms with van der Waals surface area (Å²) in [5, 5.41) is 3.67. The molecule has 7 nitrogen and oxygen atoms in total. The minimum absolute atomic E-state index is 0.0102. The minimum Gasteiger partial charge on any atom is -0.352 e. The van der Waals surface area contributed by atoms with Gasteiger partial charge in [-0.05, 0) is 62.1 Å². The third kappa shape index (κ3) is 8.12. The summed E-state index contributed by atoms with van der Waals surface area (Å²) in [7, 11) is -3.78. The van der Waals surface area contributed by atoms with Crippen LogP contribution in [0.15, 0.2) is 42.5 Å². The van der Waals surface area contributed by atoms with Gasteiger partial charge in [-0.2, -0.15) is 0 Å². The number of rotatable bonds is 11. The number of nitrogens with one attached hydrogen (secondary N) is 1. The fraction of sp³-hybridized carbons (Fsp3) is 0.440. The summed E-state index contributed by atoms with van der Waals surface area (Å²) in [5.74, 6) is -0.871. The predicted octanol–water partition coefficient (Wildman–Crippen LogP) is 4.65. The molecular formula is C25H33Cl2N3O4S. The van der Waals surface area contributed by atoms with E-state index in [-0.39, 0.29) is 18.5 Å². The fourth-order valence-corrected chi connectivity index (χ4v) is 4.71. The number of sulfonamides is 1. The molecule has 1 N–H and O–H groups in total. The van der Waals surface area contributed by atoms with E-state index in [9.17, 15) is 18.0 Å². The average molecular weight is 543 g/mol. The molecule has 0 saturated carbocycles. The van der Waals surface area contributed by atoms with Crippen molar-refractivity contribution in [2.45, 2.75) is 59.2 Å². The lowest BCUT2D eigenvalue weighted by Crippen LogP contribution is -2.52. The SMILES string of the molecule is CCc1ccc(N(CC(=O)N(Cc2ccc(Cl)cc2Cl)[C@@H](C)C(=O)N[C@@H](C)CC)S(C)(=O)=O)cc1. The van der Waals surface area contributed by atoms with E-state index in [1.807, 2.05) is 32.9 Å². The van der Waals surface area contributed by atoms with Gasteiger partial charge in [0.25, 0.3) is 0 Å². The van der Waals surface area contributed by atoms with Crippen LogP contribution in [0.25, 0.3) is 0 Å². The summed E-state index contributed by atoms with van der Waals surface area (Å²) in [5.41, 5.74) is 2.01. The van der Waals surface area contributed by atoms with Gasteiger partial charge in [-0.3, -0.25) is 13.9 Å². The minimum atomic E-state index is -3.78. The molecule has 2 aromatic rings. The molecule has 0 saturated heterocycles. The fourth-order valence-electron chi connectivity index (χ4n) is 3.39. The van der Waals surface area contributed by atoms with Crippen LogP contribution in [0.4, 0.5) is 5.69 Å². The normalized spacial score (nSPS) is 13.1. The van der Waals surface area contributed by atoms with Crippen LogP contribution in [0.2, 0.25) is 10.0 Å². The Morgan fingerprint density at radius 3 is 2.17 bits per heavy atom. The van der Waals surface area contributed by atoms with Gasteiger partial charge >= 0.3 is 0 Å². The molecule has 35 heavy (non-hydrogen) atoms. The molecule has 192 valence electrons. The molecular weight excluding hydrogens is 509 g/mol. The van der Waals surface area contributed by atoms with Gasteiger partial charge in [-0.25, -0.2) is 8.42 Å². The Balaban J connectivity index is 2.41. The van der Waals surface area contributed by atoms with Crippen molar-refractivity contribution in [3.8, 4) is 0 Å². The van der Waals surface area contributed by atoms with E-state index in [4.69, 9.17) is 23.2 Å². The number of anilines is 1. The Morgan fingerprint density at radius 2 is 1.66 bits per heavy atom. The smallest absolute Gasteiger partial charge is 0.244 e. The second kappa shape index (κ2) is 12.6. The summed E-state index contributed by atoms with van der Waals surface area (Å²) >= 11 is 12.4. The van der Waals surface area contributed by atoms with Crippen molar-refractivity contribution in [3.63, 3.8) is 0 Å². The summed E-state index contributed by atoms with van der Waals surface area (Å²) < 4.78 is 26.3. The molecule has 0 aliphatic rings. The van der Waals surface area contributed by atoms with Crippen molar-refractivity contribution >= 4 is 50.7 Å². The van der Waals surface area contributed by atoms with Crippen molar-refractivity contribution in [3.05, 3.63) is 63.6 Å². The highest BCUT2D eigenvalue weighted by atomic mass is 35.5. The Morgan fingerprint density at radius 1 is 1.03 bits per heavy atom. The lowest BCUT2D eigenvalue weighted by Gasteiger charge is -2.32. The Labute approximate surface area is 218 Å². The molecule has 10 heteroatoms. The van der Waals surface area contributed by atoms with E-state index in [2.05, 4.69) is 5.32 Å². The summed E-state index contributed by atoms with van der Waals surface area (Å²) in [4.78, 5) is 27.8. The molecule has 2 aromatic carbocycles. The standard InChI is InChI=1S/C25H33Cl2N3O4S/c1-6-17(3)28-25(32)18(4)29(15-20-10-11-21(26)14-23(20)27)24(31)16-30(35(5,33)34)22-12-8-19(7-2)9-13-22/h8-14,17-18H,6-7,15-16H2,1-5H3,(H,28,32)/t17-,18-/m0/s1. The van der Waals surface area contributed by atoms with Crippen LogP contribution in [0, 0.1) is 0 Å². The zero-order valence-electron chi connectivity index (χ0n) is 20.7. The van der Waals surface area contributed by atoms with Crippen LogP contribution < -0.4 is 9.62 Å². The van der Waals surface area contributed by atoms with Crippen molar-refractivity contribution in [2.24, 2.45) is 0 Å². The van der Waals surface area contributed by atoms with Gasteiger partial charge in [-0.15, -0.1) is 0 Å². The van der Waals surface area contributed by atoms with E-state index in [1.165, 1.54) is 4.90 Å². The third-order valence-electron chi connectivity index (χ3n) is 5.84. The number of nitrogens with zero attached hydrogens (tertiary/aromatic N) is 2. The van der Waals surface area contributed by atoms with Crippen molar-refractivity contribution < 1.29 is 18.0 Å². The quantitative estimate of drug-likeness (QED) is 0.448. The average Bonchev–Trinajstić information content (AvgIpc) is 2.80. The second-order valence-corrected chi connectivity index (χ2v) is 11.3. The van der Waals surface area contributed by atoms with Crippen LogP contribution in [-0.4, -0.2) is 50.0 Å². The Hall–Kier alpha value is -2.29. The molecule has 0 radical (unpaired) electrons. The van der Waals surface area contributed by atoms with Crippen LogP contribution in [0.1, 0.15) is 45.2 Å². The van der Waals surface area contributed by atoms with E-state index < -0.39 is 28.5 Å². The number of benzene rings is 2. The van der Waals surface area contributed by atoms with Gasteiger partial charge in [0.2, 0.25) is 21.8 Å². The monoisotopic (exact) mass is 541 g/mol. The van der Waals surface area contributed by atoms with Gasteiger partial charge in [0.05, 0.1) is 11.9 Å². The highest BCUT2D eigenvalue weighted by Gasteiger charge is 2.30. The molecule has 2 amide bonds.